The van der Waals surface area contributed by atoms with Gasteiger partial charge in [0, 0.05) is 22.7 Å². The van der Waals surface area contributed by atoms with Crippen molar-refractivity contribution in [3.63, 3.8) is 0 Å². The standard InChI is InChI=1S/C16H14F4N2OS/c1-24-13-5-3-12(4-6-13)22-15(23)21-9-10-8-11(16(18,19)20)2-7-14(10)17/h2-8H,9H2,1H3,(H2,21,22,23). The van der Waals surface area contributed by atoms with Crippen LogP contribution in [0.1, 0.15) is 11.1 Å². The molecule has 0 unspecified atom stereocenters. The Bertz CT molecular complexity index is 717. The summed E-state index contributed by atoms with van der Waals surface area (Å²) in [4.78, 5) is 12.8. The van der Waals surface area contributed by atoms with Gasteiger partial charge in [-0.3, -0.25) is 0 Å². The third-order valence-corrected chi connectivity index (χ3v) is 3.90. The minimum atomic E-state index is -4.57. The van der Waals surface area contributed by atoms with Crippen LogP contribution in [0.25, 0.3) is 0 Å². The van der Waals surface area contributed by atoms with Gasteiger partial charge in [0.2, 0.25) is 0 Å². The number of hydrogen-bond donors (Lipinski definition) is 2. The number of thioether (sulfide) groups is 1. The van der Waals surface area contributed by atoms with Gasteiger partial charge in [-0.15, -0.1) is 11.8 Å². The zero-order chi connectivity index (χ0) is 17.7. The fourth-order valence-electron chi connectivity index (χ4n) is 1.91. The third-order valence-electron chi connectivity index (χ3n) is 3.16. The molecule has 2 N–H and O–H groups in total. The van der Waals surface area contributed by atoms with E-state index in [4.69, 9.17) is 0 Å². The predicted octanol–water partition coefficient (Wildman–Crippen LogP) is 4.89. The number of benzene rings is 2. The molecule has 0 fully saturated rings. The second kappa shape index (κ2) is 7.57. The summed E-state index contributed by atoms with van der Waals surface area (Å²) in [5.41, 5.74) is -0.679. The molecule has 0 radical (unpaired) electrons. The van der Waals surface area contributed by atoms with Crippen molar-refractivity contribution in [3.8, 4) is 0 Å². The molecule has 0 saturated carbocycles. The van der Waals surface area contributed by atoms with Crippen LogP contribution in [0.4, 0.5) is 28.0 Å². The molecule has 0 aliphatic heterocycles. The molecular weight excluding hydrogens is 344 g/mol. The van der Waals surface area contributed by atoms with E-state index in [1.54, 1.807) is 23.9 Å². The van der Waals surface area contributed by atoms with Crippen molar-refractivity contribution >= 4 is 23.5 Å². The molecule has 0 bridgehead atoms. The molecule has 0 aliphatic carbocycles. The molecule has 2 aromatic rings. The Balaban J connectivity index is 1.98. The van der Waals surface area contributed by atoms with E-state index in [0.717, 1.165) is 11.0 Å². The molecule has 2 amide bonds. The van der Waals surface area contributed by atoms with Gasteiger partial charge in [-0.25, -0.2) is 9.18 Å². The Kier molecular flexibility index (Phi) is 5.71. The number of carbonyl (C=O) groups excluding carboxylic acids is 1. The fraction of sp³-hybridized carbons (Fsp3) is 0.188. The van der Waals surface area contributed by atoms with E-state index in [1.807, 2.05) is 18.4 Å². The van der Waals surface area contributed by atoms with Crippen LogP contribution in [0.5, 0.6) is 0 Å². The van der Waals surface area contributed by atoms with Gasteiger partial charge >= 0.3 is 12.2 Å². The van der Waals surface area contributed by atoms with Gasteiger partial charge < -0.3 is 10.6 Å². The van der Waals surface area contributed by atoms with Crippen molar-refractivity contribution in [2.24, 2.45) is 0 Å². The Labute approximate surface area is 140 Å². The first-order valence-corrected chi connectivity index (χ1v) is 8.06. The molecule has 0 heterocycles. The number of rotatable bonds is 4. The van der Waals surface area contributed by atoms with Crippen LogP contribution in [0.15, 0.2) is 47.4 Å². The highest BCUT2D eigenvalue weighted by atomic mass is 32.2. The van der Waals surface area contributed by atoms with Crippen molar-refractivity contribution in [2.75, 3.05) is 11.6 Å². The normalized spacial score (nSPS) is 11.2. The zero-order valence-corrected chi connectivity index (χ0v) is 13.4. The van der Waals surface area contributed by atoms with Crippen LogP contribution in [0.2, 0.25) is 0 Å². The SMILES string of the molecule is CSc1ccc(NC(=O)NCc2cc(C(F)(F)F)ccc2F)cc1. The van der Waals surface area contributed by atoms with Crippen molar-refractivity contribution in [1.29, 1.82) is 0 Å². The number of alkyl halides is 3. The van der Waals surface area contributed by atoms with E-state index >= 15 is 0 Å². The monoisotopic (exact) mass is 358 g/mol. The number of carbonyl (C=O) groups is 1. The van der Waals surface area contributed by atoms with E-state index in [0.29, 0.717) is 17.8 Å². The van der Waals surface area contributed by atoms with Gasteiger partial charge in [-0.05, 0) is 48.7 Å². The second-order valence-electron chi connectivity index (χ2n) is 4.84. The van der Waals surface area contributed by atoms with Gasteiger partial charge in [0.15, 0.2) is 0 Å². The molecule has 0 atom stereocenters. The number of amides is 2. The lowest BCUT2D eigenvalue weighted by Crippen LogP contribution is -2.28. The molecule has 0 spiro atoms. The van der Waals surface area contributed by atoms with Gasteiger partial charge in [0.25, 0.3) is 0 Å². The summed E-state index contributed by atoms with van der Waals surface area (Å²) in [7, 11) is 0. The van der Waals surface area contributed by atoms with E-state index in [1.165, 1.54) is 0 Å². The number of anilines is 1. The summed E-state index contributed by atoms with van der Waals surface area (Å²) in [5, 5.41) is 4.86. The molecule has 2 rings (SSSR count). The summed E-state index contributed by atoms with van der Waals surface area (Å²) in [5.74, 6) is -0.812. The second-order valence-corrected chi connectivity index (χ2v) is 5.72. The first-order chi connectivity index (χ1) is 11.3. The molecule has 8 heteroatoms. The van der Waals surface area contributed by atoms with Crippen LogP contribution in [0.3, 0.4) is 0 Å². The molecular formula is C16H14F4N2OS. The molecule has 24 heavy (non-hydrogen) atoms. The molecule has 3 nitrogen and oxygen atoms in total. The van der Waals surface area contributed by atoms with Gasteiger partial charge in [0.1, 0.15) is 5.82 Å². The van der Waals surface area contributed by atoms with Gasteiger partial charge in [-0.1, -0.05) is 0 Å². The lowest BCUT2D eigenvalue weighted by atomic mass is 10.1. The van der Waals surface area contributed by atoms with E-state index in [9.17, 15) is 22.4 Å². The minimum absolute atomic E-state index is 0.238. The highest BCUT2D eigenvalue weighted by molar-refractivity contribution is 7.98. The van der Waals surface area contributed by atoms with E-state index in [2.05, 4.69) is 10.6 Å². The maximum atomic E-state index is 13.6. The smallest absolute Gasteiger partial charge is 0.334 e. The topological polar surface area (TPSA) is 41.1 Å². The summed E-state index contributed by atoms with van der Waals surface area (Å²) in [6.45, 7) is -0.357. The van der Waals surface area contributed by atoms with Crippen LogP contribution < -0.4 is 10.6 Å². The first kappa shape index (κ1) is 18.1. The zero-order valence-electron chi connectivity index (χ0n) is 12.6. The maximum Gasteiger partial charge on any atom is 0.416 e. The summed E-state index contributed by atoms with van der Waals surface area (Å²) < 4.78 is 51.4. The predicted molar refractivity (Wildman–Crippen MR) is 85.5 cm³/mol. The van der Waals surface area contributed by atoms with Crippen molar-refractivity contribution in [2.45, 2.75) is 17.6 Å². The number of urea groups is 1. The Morgan fingerprint density at radius 3 is 2.38 bits per heavy atom. The lowest BCUT2D eigenvalue weighted by Gasteiger charge is -2.11. The van der Waals surface area contributed by atoms with Crippen LogP contribution in [-0.2, 0) is 12.7 Å². The lowest BCUT2D eigenvalue weighted by molar-refractivity contribution is -0.137. The molecule has 128 valence electrons. The summed E-state index contributed by atoms with van der Waals surface area (Å²) in [6, 6.07) is 8.45. The first-order valence-electron chi connectivity index (χ1n) is 6.84. The molecule has 2 aromatic carbocycles. The summed E-state index contributed by atoms with van der Waals surface area (Å²) >= 11 is 1.55. The van der Waals surface area contributed by atoms with Crippen molar-refractivity contribution in [3.05, 3.63) is 59.4 Å². The summed E-state index contributed by atoms with van der Waals surface area (Å²) in [6.07, 6.45) is -2.65. The van der Waals surface area contributed by atoms with Crippen molar-refractivity contribution in [1.82, 2.24) is 5.32 Å². The number of hydrogen-bond acceptors (Lipinski definition) is 2. The van der Waals surface area contributed by atoms with E-state index < -0.39 is 23.6 Å². The number of nitrogens with one attached hydrogen (secondary N) is 2. The van der Waals surface area contributed by atoms with Crippen LogP contribution in [0, 0.1) is 5.82 Å². The third kappa shape index (κ3) is 4.89. The Morgan fingerprint density at radius 2 is 1.79 bits per heavy atom. The average molecular weight is 358 g/mol. The molecule has 0 aliphatic rings. The quantitative estimate of drug-likeness (QED) is 0.604. The highest BCUT2D eigenvalue weighted by Crippen LogP contribution is 2.30. The largest absolute Gasteiger partial charge is 0.416 e. The molecule has 0 saturated heterocycles. The van der Waals surface area contributed by atoms with Crippen LogP contribution >= 0.6 is 11.8 Å². The van der Waals surface area contributed by atoms with E-state index in [-0.39, 0.29) is 12.1 Å². The van der Waals surface area contributed by atoms with Gasteiger partial charge in [0.05, 0.1) is 5.56 Å². The maximum absolute atomic E-state index is 13.6. The Hall–Kier alpha value is -2.22. The highest BCUT2D eigenvalue weighted by Gasteiger charge is 2.31. The minimum Gasteiger partial charge on any atom is -0.334 e. The Morgan fingerprint density at radius 1 is 1.12 bits per heavy atom. The van der Waals surface area contributed by atoms with Gasteiger partial charge in [-0.2, -0.15) is 13.2 Å². The molecule has 0 aromatic heterocycles. The average Bonchev–Trinajstić information content (AvgIpc) is 2.53. The fourth-order valence-corrected chi connectivity index (χ4v) is 2.32. The van der Waals surface area contributed by atoms with Crippen molar-refractivity contribution < 1.29 is 22.4 Å². The number of halogens is 4. The van der Waals surface area contributed by atoms with Crippen LogP contribution in [-0.4, -0.2) is 12.3 Å².